The molecule has 1 aromatic heterocycles. The molecule has 0 atom stereocenters. The van der Waals surface area contributed by atoms with E-state index < -0.39 is 0 Å². The van der Waals surface area contributed by atoms with E-state index in [1.807, 2.05) is 62.4 Å². The van der Waals surface area contributed by atoms with Gasteiger partial charge in [-0.05, 0) is 43.7 Å². The lowest BCUT2D eigenvalue weighted by Gasteiger charge is -2.08. The number of aromatic nitrogens is 1. The minimum Gasteiger partial charge on any atom is -0.348 e. The van der Waals surface area contributed by atoms with Crippen LogP contribution < -0.4 is 10.6 Å². The van der Waals surface area contributed by atoms with Crippen molar-refractivity contribution < 1.29 is 9.59 Å². The Balaban J connectivity index is 1.66. The van der Waals surface area contributed by atoms with Crippen LogP contribution in [0.1, 0.15) is 37.5 Å². The summed E-state index contributed by atoms with van der Waals surface area (Å²) in [6.07, 6.45) is 1.46. The van der Waals surface area contributed by atoms with E-state index in [0.29, 0.717) is 17.8 Å². The van der Waals surface area contributed by atoms with Gasteiger partial charge in [0.2, 0.25) is 0 Å². The summed E-state index contributed by atoms with van der Waals surface area (Å²) >= 11 is 0. The first-order chi connectivity index (χ1) is 13.0. The Kier molecular flexibility index (Phi) is 5.61. The minimum atomic E-state index is -0.354. The van der Waals surface area contributed by atoms with Gasteiger partial charge in [-0.25, -0.2) is 0 Å². The second-order valence-electron chi connectivity index (χ2n) is 6.42. The number of amides is 2. The zero-order chi connectivity index (χ0) is 19.2. The third-order valence-corrected chi connectivity index (χ3v) is 4.10. The number of pyridine rings is 1. The van der Waals surface area contributed by atoms with Gasteiger partial charge < -0.3 is 10.6 Å². The van der Waals surface area contributed by atoms with E-state index in [2.05, 4.69) is 15.6 Å². The largest absolute Gasteiger partial charge is 0.348 e. The van der Waals surface area contributed by atoms with Crippen LogP contribution in [0.4, 0.5) is 5.69 Å². The average Bonchev–Trinajstić information content (AvgIpc) is 2.68. The summed E-state index contributed by atoms with van der Waals surface area (Å²) < 4.78 is 0. The van der Waals surface area contributed by atoms with Crippen molar-refractivity contribution in [2.45, 2.75) is 20.4 Å². The highest BCUT2D eigenvalue weighted by Crippen LogP contribution is 2.11. The smallest absolute Gasteiger partial charge is 0.274 e. The van der Waals surface area contributed by atoms with Crippen molar-refractivity contribution in [3.05, 3.63) is 94.8 Å². The molecule has 0 saturated heterocycles. The van der Waals surface area contributed by atoms with Crippen LogP contribution >= 0.6 is 0 Å². The molecule has 0 aliphatic rings. The van der Waals surface area contributed by atoms with Gasteiger partial charge >= 0.3 is 0 Å². The highest BCUT2D eigenvalue weighted by molar-refractivity contribution is 6.04. The van der Waals surface area contributed by atoms with Crippen LogP contribution in [0.5, 0.6) is 0 Å². The summed E-state index contributed by atoms with van der Waals surface area (Å²) in [5, 5.41) is 5.65. The SMILES string of the molecule is Cc1ccc(NC(=O)c2cc(C(=O)NCc3cccc(C)c3)ccn2)cc1. The first-order valence-corrected chi connectivity index (χ1v) is 8.69. The quantitative estimate of drug-likeness (QED) is 0.726. The number of hydrogen-bond donors (Lipinski definition) is 2. The molecule has 0 unspecified atom stereocenters. The van der Waals surface area contributed by atoms with E-state index in [1.165, 1.54) is 12.3 Å². The number of carbonyl (C=O) groups excluding carboxylic acids is 2. The first-order valence-electron chi connectivity index (χ1n) is 8.69. The lowest BCUT2D eigenvalue weighted by atomic mass is 10.1. The third kappa shape index (κ3) is 5.01. The van der Waals surface area contributed by atoms with Crippen LogP contribution in [0.25, 0.3) is 0 Å². The normalized spacial score (nSPS) is 10.3. The Morgan fingerprint density at radius 1 is 0.889 bits per heavy atom. The number of rotatable bonds is 5. The van der Waals surface area contributed by atoms with E-state index in [4.69, 9.17) is 0 Å². The minimum absolute atomic E-state index is 0.193. The zero-order valence-electron chi connectivity index (χ0n) is 15.3. The second kappa shape index (κ2) is 8.27. The van der Waals surface area contributed by atoms with E-state index in [0.717, 1.165) is 16.7 Å². The van der Waals surface area contributed by atoms with Crippen molar-refractivity contribution in [2.24, 2.45) is 0 Å². The Hall–Kier alpha value is -3.47. The zero-order valence-corrected chi connectivity index (χ0v) is 15.3. The summed E-state index contributed by atoms with van der Waals surface area (Å²) in [5.41, 5.74) is 4.54. The monoisotopic (exact) mass is 359 g/mol. The van der Waals surface area contributed by atoms with Crippen molar-refractivity contribution in [3.63, 3.8) is 0 Å². The van der Waals surface area contributed by atoms with Gasteiger partial charge in [0.25, 0.3) is 11.8 Å². The highest BCUT2D eigenvalue weighted by atomic mass is 16.2. The number of aryl methyl sites for hydroxylation is 2. The molecule has 5 nitrogen and oxygen atoms in total. The number of carbonyl (C=O) groups is 2. The predicted octanol–water partition coefficient (Wildman–Crippen LogP) is 3.88. The maximum absolute atomic E-state index is 12.4. The number of nitrogens with one attached hydrogen (secondary N) is 2. The molecular formula is C22H21N3O2. The van der Waals surface area contributed by atoms with Crippen molar-refractivity contribution in [2.75, 3.05) is 5.32 Å². The maximum Gasteiger partial charge on any atom is 0.274 e. The van der Waals surface area contributed by atoms with Gasteiger partial charge in [-0.3, -0.25) is 14.6 Å². The molecule has 0 aliphatic carbocycles. The van der Waals surface area contributed by atoms with Gasteiger partial charge in [-0.15, -0.1) is 0 Å². The molecule has 1 heterocycles. The summed E-state index contributed by atoms with van der Waals surface area (Å²) in [4.78, 5) is 28.9. The fourth-order valence-corrected chi connectivity index (χ4v) is 2.63. The number of anilines is 1. The van der Waals surface area contributed by atoms with Crippen LogP contribution in [0.15, 0.2) is 66.9 Å². The molecule has 2 amide bonds. The molecule has 0 aliphatic heterocycles. The Bertz CT molecular complexity index is 965. The lowest BCUT2D eigenvalue weighted by molar-refractivity contribution is 0.0950. The molecule has 2 N–H and O–H groups in total. The van der Waals surface area contributed by atoms with E-state index in [-0.39, 0.29) is 17.5 Å². The topological polar surface area (TPSA) is 71.1 Å². The lowest BCUT2D eigenvalue weighted by Crippen LogP contribution is -2.23. The molecule has 136 valence electrons. The van der Waals surface area contributed by atoms with E-state index in [1.54, 1.807) is 6.07 Å². The standard InChI is InChI=1S/C22H21N3O2/c1-15-6-8-19(9-7-15)25-22(27)20-13-18(10-11-23-20)21(26)24-14-17-5-3-4-16(2)12-17/h3-13H,14H2,1-2H3,(H,24,26)(H,25,27). The summed E-state index contributed by atoms with van der Waals surface area (Å²) in [7, 11) is 0. The Morgan fingerprint density at radius 3 is 2.41 bits per heavy atom. The molecule has 0 radical (unpaired) electrons. The van der Waals surface area contributed by atoms with E-state index >= 15 is 0 Å². The number of nitrogens with zero attached hydrogens (tertiary/aromatic N) is 1. The van der Waals surface area contributed by atoms with Crippen LogP contribution in [0.3, 0.4) is 0 Å². The second-order valence-corrected chi connectivity index (χ2v) is 6.42. The molecule has 0 fully saturated rings. The summed E-state index contributed by atoms with van der Waals surface area (Å²) in [6, 6.07) is 18.5. The first kappa shape index (κ1) is 18.3. The molecule has 0 saturated carbocycles. The van der Waals surface area contributed by atoms with Gasteiger partial charge in [0, 0.05) is 24.0 Å². The molecule has 3 rings (SSSR count). The van der Waals surface area contributed by atoms with E-state index in [9.17, 15) is 9.59 Å². The average molecular weight is 359 g/mol. The van der Waals surface area contributed by atoms with Crippen molar-refractivity contribution in [3.8, 4) is 0 Å². The molecule has 27 heavy (non-hydrogen) atoms. The van der Waals surface area contributed by atoms with Crippen LogP contribution in [-0.4, -0.2) is 16.8 Å². The molecule has 0 bridgehead atoms. The van der Waals surface area contributed by atoms with Crippen molar-refractivity contribution >= 4 is 17.5 Å². The van der Waals surface area contributed by atoms with Gasteiger partial charge in [-0.2, -0.15) is 0 Å². The fraction of sp³-hybridized carbons (Fsp3) is 0.136. The van der Waals surface area contributed by atoms with Gasteiger partial charge in [0.1, 0.15) is 5.69 Å². The van der Waals surface area contributed by atoms with Crippen LogP contribution in [0, 0.1) is 13.8 Å². The maximum atomic E-state index is 12.4. The van der Waals surface area contributed by atoms with Gasteiger partial charge in [-0.1, -0.05) is 47.5 Å². The van der Waals surface area contributed by atoms with Gasteiger partial charge in [0.05, 0.1) is 0 Å². The molecule has 0 spiro atoms. The predicted molar refractivity (Wildman–Crippen MR) is 106 cm³/mol. The molecule has 3 aromatic rings. The van der Waals surface area contributed by atoms with Gasteiger partial charge in [0.15, 0.2) is 0 Å². The van der Waals surface area contributed by atoms with Crippen LogP contribution in [0.2, 0.25) is 0 Å². The molecule has 2 aromatic carbocycles. The summed E-state index contributed by atoms with van der Waals surface area (Å²) in [5.74, 6) is -0.601. The van der Waals surface area contributed by atoms with Crippen molar-refractivity contribution in [1.82, 2.24) is 10.3 Å². The third-order valence-electron chi connectivity index (χ3n) is 4.10. The molecular weight excluding hydrogens is 338 g/mol. The molecule has 5 heteroatoms. The van der Waals surface area contributed by atoms with Crippen molar-refractivity contribution in [1.29, 1.82) is 0 Å². The Morgan fingerprint density at radius 2 is 1.67 bits per heavy atom. The number of benzene rings is 2. The number of hydrogen-bond acceptors (Lipinski definition) is 3. The summed E-state index contributed by atoms with van der Waals surface area (Å²) in [6.45, 7) is 4.41. The fourth-order valence-electron chi connectivity index (χ4n) is 2.63. The van der Waals surface area contributed by atoms with Crippen LogP contribution in [-0.2, 0) is 6.54 Å². The highest BCUT2D eigenvalue weighted by Gasteiger charge is 2.12. The Labute approximate surface area is 158 Å².